The van der Waals surface area contributed by atoms with Gasteiger partial charge in [-0.05, 0) is 13.8 Å². The summed E-state index contributed by atoms with van der Waals surface area (Å²) in [4.78, 5) is 26.8. The van der Waals surface area contributed by atoms with Crippen molar-refractivity contribution in [3.05, 3.63) is 0 Å². The van der Waals surface area contributed by atoms with E-state index in [0.717, 1.165) is 6.26 Å². The van der Waals surface area contributed by atoms with Gasteiger partial charge >= 0.3 is 6.03 Å². The standard InChI is InChI=1S/C10H17N3O4S/c1-7(2)13-9(14)8-6-11(18(3,16)17)4-5-12(8)10(13)15/h7-8H,4-6H2,1-3H3/t8-/m1/s1. The number of fused-ring (bicyclic) bond motifs is 1. The van der Waals surface area contributed by atoms with Crippen LogP contribution in [0.15, 0.2) is 0 Å². The first-order valence-corrected chi connectivity index (χ1v) is 7.67. The fourth-order valence-corrected chi connectivity index (χ4v) is 3.19. The van der Waals surface area contributed by atoms with Crippen molar-refractivity contribution in [1.82, 2.24) is 14.1 Å². The molecule has 2 heterocycles. The largest absolute Gasteiger partial charge is 0.327 e. The van der Waals surface area contributed by atoms with Crippen LogP contribution in [-0.4, -0.2) is 72.4 Å². The van der Waals surface area contributed by atoms with E-state index >= 15 is 0 Å². The third kappa shape index (κ3) is 1.99. The maximum absolute atomic E-state index is 12.1. The van der Waals surface area contributed by atoms with Gasteiger partial charge in [0.15, 0.2) is 0 Å². The Kier molecular flexibility index (Phi) is 3.10. The quantitative estimate of drug-likeness (QED) is 0.625. The van der Waals surface area contributed by atoms with E-state index in [4.69, 9.17) is 0 Å². The molecule has 2 rings (SSSR count). The number of hydrogen-bond acceptors (Lipinski definition) is 4. The van der Waals surface area contributed by atoms with E-state index in [0.29, 0.717) is 0 Å². The molecule has 0 radical (unpaired) electrons. The topological polar surface area (TPSA) is 78.0 Å². The molecular weight excluding hydrogens is 258 g/mol. The van der Waals surface area contributed by atoms with Gasteiger partial charge in [-0.15, -0.1) is 0 Å². The number of piperazine rings is 1. The molecule has 2 fully saturated rings. The third-order valence-electron chi connectivity index (χ3n) is 3.30. The van der Waals surface area contributed by atoms with Crippen LogP contribution in [0.25, 0.3) is 0 Å². The van der Waals surface area contributed by atoms with E-state index in [9.17, 15) is 18.0 Å². The van der Waals surface area contributed by atoms with Gasteiger partial charge in [0.05, 0.1) is 6.26 Å². The molecule has 0 bridgehead atoms. The zero-order chi connectivity index (χ0) is 13.7. The molecule has 2 saturated heterocycles. The van der Waals surface area contributed by atoms with E-state index in [2.05, 4.69) is 0 Å². The first kappa shape index (κ1) is 13.3. The zero-order valence-corrected chi connectivity index (χ0v) is 11.5. The summed E-state index contributed by atoms with van der Waals surface area (Å²) in [5, 5.41) is 0. The van der Waals surface area contributed by atoms with Crippen LogP contribution < -0.4 is 0 Å². The molecular formula is C10H17N3O4S. The molecule has 0 spiro atoms. The van der Waals surface area contributed by atoms with E-state index in [-0.39, 0.29) is 37.6 Å². The minimum Gasteiger partial charge on any atom is -0.310 e. The summed E-state index contributed by atoms with van der Waals surface area (Å²) in [6.07, 6.45) is 1.12. The fraction of sp³-hybridized carbons (Fsp3) is 0.800. The number of carbonyl (C=O) groups excluding carboxylic acids is 2. The minimum atomic E-state index is -3.32. The van der Waals surface area contributed by atoms with E-state index < -0.39 is 16.1 Å². The van der Waals surface area contributed by atoms with Crippen molar-refractivity contribution < 1.29 is 18.0 Å². The second-order valence-corrected chi connectivity index (χ2v) is 6.90. The number of nitrogens with zero attached hydrogens (tertiary/aromatic N) is 3. The summed E-state index contributed by atoms with van der Waals surface area (Å²) in [5.74, 6) is -0.302. The smallest absolute Gasteiger partial charge is 0.310 e. The molecule has 0 N–H and O–H groups in total. The normalized spacial score (nSPS) is 26.1. The van der Waals surface area contributed by atoms with Crippen molar-refractivity contribution >= 4 is 22.0 Å². The maximum Gasteiger partial charge on any atom is 0.327 e. The number of sulfonamides is 1. The van der Waals surface area contributed by atoms with Crippen LogP contribution >= 0.6 is 0 Å². The summed E-state index contributed by atoms with van der Waals surface area (Å²) in [6.45, 7) is 4.11. The minimum absolute atomic E-state index is 0.0621. The molecule has 0 aromatic rings. The van der Waals surface area contributed by atoms with E-state index in [1.54, 1.807) is 13.8 Å². The van der Waals surface area contributed by atoms with Gasteiger partial charge in [0.25, 0.3) is 5.91 Å². The van der Waals surface area contributed by atoms with E-state index in [1.807, 2.05) is 0 Å². The molecule has 8 heteroatoms. The Morgan fingerprint density at radius 1 is 1.22 bits per heavy atom. The van der Waals surface area contributed by atoms with Crippen molar-refractivity contribution in [3.63, 3.8) is 0 Å². The average molecular weight is 275 g/mol. The molecule has 0 saturated carbocycles. The molecule has 0 aromatic heterocycles. The van der Waals surface area contributed by atoms with Crippen molar-refractivity contribution in [2.75, 3.05) is 25.9 Å². The van der Waals surface area contributed by atoms with Crippen LogP contribution in [0.1, 0.15) is 13.8 Å². The highest BCUT2D eigenvalue weighted by Crippen LogP contribution is 2.24. The molecule has 1 atom stereocenters. The van der Waals surface area contributed by atoms with E-state index in [1.165, 1.54) is 14.1 Å². The van der Waals surface area contributed by atoms with Gasteiger partial charge in [-0.2, -0.15) is 4.31 Å². The molecule has 0 aromatic carbocycles. The van der Waals surface area contributed by atoms with Crippen molar-refractivity contribution in [2.45, 2.75) is 25.9 Å². The number of imide groups is 1. The third-order valence-corrected chi connectivity index (χ3v) is 4.57. The van der Waals surface area contributed by atoms with Gasteiger partial charge in [-0.25, -0.2) is 13.2 Å². The Hall–Kier alpha value is -1.15. The molecule has 0 aliphatic carbocycles. The lowest BCUT2D eigenvalue weighted by Crippen LogP contribution is -2.54. The fourth-order valence-electron chi connectivity index (χ4n) is 2.37. The van der Waals surface area contributed by atoms with Crippen LogP contribution in [-0.2, 0) is 14.8 Å². The highest BCUT2D eigenvalue weighted by Gasteiger charge is 2.49. The predicted molar refractivity (Wildman–Crippen MR) is 64.3 cm³/mol. The summed E-state index contributed by atoms with van der Waals surface area (Å²) in [7, 11) is -3.32. The Balaban J connectivity index is 2.24. The van der Waals surface area contributed by atoms with Crippen LogP contribution in [0.4, 0.5) is 4.79 Å². The Bertz CT molecular complexity index is 487. The van der Waals surface area contributed by atoms with Gasteiger partial charge in [0, 0.05) is 25.7 Å². The van der Waals surface area contributed by atoms with Crippen molar-refractivity contribution in [1.29, 1.82) is 0 Å². The summed E-state index contributed by atoms with van der Waals surface area (Å²) in [6, 6.07) is -1.18. The SMILES string of the molecule is CC(C)N1C(=O)[C@H]2CN(S(C)(=O)=O)CCN2C1=O. The lowest BCUT2D eigenvalue weighted by atomic mass is 10.2. The number of carbonyl (C=O) groups is 2. The number of urea groups is 1. The Labute approximate surface area is 106 Å². The summed E-state index contributed by atoms with van der Waals surface area (Å²) >= 11 is 0. The van der Waals surface area contributed by atoms with Gasteiger partial charge in [0.2, 0.25) is 10.0 Å². The average Bonchev–Trinajstić information content (AvgIpc) is 2.50. The molecule has 3 amide bonds. The Morgan fingerprint density at radius 3 is 2.33 bits per heavy atom. The van der Waals surface area contributed by atoms with Crippen LogP contribution in [0.5, 0.6) is 0 Å². The van der Waals surface area contributed by atoms with Crippen molar-refractivity contribution in [3.8, 4) is 0 Å². The predicted octanol–water partition coefficient (Wildman–Crippen LogP) is -0.697. The summed E-state index contributed by atoms with van der Waals surface area (Å²) < 4.78 is 24.2. The first-order valence-electron chi connectivity index (χ1n) is 5.82. The van der Waals surface area contributed by atoms with Gasteiger partial charge in [0.1, 0.15) is 6.04 Å². The zero-order valence-electron chi connectivity index (χ0n) is 10.7. The first-order chi connectivity index (χ1) is 8.23. The molecule has 0 unspecified atom stereocenters. The number of hydrogen-bond donors (Lipinski definition) is 0. The number of amides is 3. The number of rotatable bonds is 2. The maximum atomic E-state index is 12.1. The lowest BCUT2D eigenvalue weighted by molar-refractivity contribution is -0.130. The Morgan fingerprint density at radius 2 is 1.83 bits per heavy atom. The van der Waals surface area contributed by atoms with Gasteiger partial charge in [-0.1, -0.05) is 0 Å². The molecule has 18 heavy (non-hydrogen) atoms. The lowest BCUT2D eigenvalue weighted by Gasteiger charge is -2.33. The van der Waals surface area contributed by atoms with Crippen LogP contribution in [0, 0.1) is 0 Å². The highest BCUT2D eigenvalue weighted by molar-refractivity contribution is 7.88. The summed E-state index contributed by atoms with van der Waals surface area (Å²) in [5.41, 5.74) is 0. The van der Waals surface area contributed by atoms with Crippen molar-refractivity contribution in [2.24, 2.45) is 0 Å². The second-order valence-electron chi connectivity index (χ2n) is 4.91. The molecule has 7 nitrogen and oxygen atoms in total. The van der Waals surface area contributed by atoms with Gasteiger partial charge < -0.3 is 4.90 Å². The van der Waals surface area contributed by atoms with Crippen LogP contribution in [0.2, 0.25) is 0 Å². The van der Waals surface area contributed by atoms with Gasteiger partial charge in [-0.3, -0.25) is 9.69 Å². The monoisotopic (exact) mass is 275 g/mol. The molecule has 102 valence electrons. The highest BCUT2D eigenvalue weighted by atomic mass is 32.2. The molecule has 2 aliphatic heterocycles. The van der Waals surface area contributed by atoms with Crippen LogP contribution in [0.3, 0.4) is 0 Å². The molecule has 2 aliphatic rings. The second kappa shape index (κ2) is 4.20.